The van der Waals surface area contributed by atoms with Crippen LogP contribution in [-0.2, 0) is 4.74 Å². The van der Waals surface area contributed by atoms with Crippen molar-refractivity contribution in [2.24, 2.45) is 47.3 Å². The smallest absolute Gasteiger partial charge is 0.233 e. The molecule has 2 aliphatic heterocycles. The molecule has 84 valence electrons. The molecule has 0 aromatic heterocycles. The Kier molecular flexibility index (Phi) is 0.832. The van der Waals surface area contributed by atoms with E-state index in [9.17, 15) is 10.1 Å². The van der Waals surface area contributed by atoms with Gasteiger partial charge in [-0.3, -0.25) is 10.1 Å². The molecule has 4 bridgehead atoms. The second-order valence-electron chi connectivity index (χ2n) is 6.95. The van der Waals surface area contributed by atoms with Crippen molar-refractivity contribution in [3.63, 3.8) is 0 Å². The Morgan fingerprint density at radius 1 is 1.19 bits per heavy atom. The van der Waals surface area contributed by atoms with Crippen LogP contribution in [0.25, 0.3) is 0 Å². The van der Waals surface area contributed by atoms with E-state index in [1.807, 2.05) is 0 Å². The van der Waals surface area contributed by atoms with Gasteiger partial charge >= 0.3 is 0 Å². The fourth-order valence-corrected chi connectivity index (χ4v) is 7.66. The van der Waals surface area contributed by atoms with E-state index in [-0.39, 0.29) is 17.1 Å². The summed E-state index contributed by atoms with van der Waals surface area (Å²) >= 11 is 0. The Hall–Kier alpha value is -0.640. The van der Waals surface area contributed by atoms with Gasteiger partial charge in [0.2, 0.25) is 6.54 Å². The lowest BCUT2D eigenvalue weighted by atomic mass is 9.57. The maximum atomic E-state index is 10.9. The zero-order chi connectivity index (χ0) is 10.4. The first-order valence-electron chi connectivity index (χ1n) is 6.54. The van der Waals surface area contributed by atoms with E-state index >= 15 is 0 Å². The third kappa shape index (κ3) is 0.424. The van der Waals surface area contributed by atoms with Crippen LogP contribution in [0.4, 0.5) is 0 Å². The monoisotopic (exact) mass is 219 g/mol. The third-order valence-electron chi connectivity index (χ3n) is 7.24. The minimum Gasteiger partial charge on any atom is -0.364 e. The lowest BCUT2D eigenvalue weighted by Crippen LogP contribution is -2.51. The van der Waals surface area contributed by atoms with Crippen LogP contribution >= 0.6 is 0 Å². The number of nitro groups is 1. The van der Waals surface area contributed by atoms with Crippen molar-refractivity contribution in [2.75, 3.05) is 6.54 Å². The standard InChI is InChI=1S/C12H13NO3/c14-13(15)2-12-9-4-1-3-5-6(4)10(12)8(5)11(16-12)7(3)9/h3-11H,1-2H2/t3-,4-,5+,6+,7+,8+,9+,10-,11-,12-/m0/s1. The molecule has 2 heterocycles. The number of hydrogen-bond donors (Lipinski definition) is 0. The Morgan fingerprint density at radius 3 is 2.88 bits per heavy atom. The summed E-state index contributed by atoms with van der Waals surface area (Å²) in [6, 6.07) is 0. The van der Waals surface area contributed by atoms with Crippen molar-refractivity contribution in [3.05, 3.63) is 10.1 Å². The van der Waals surface area contributed by atoms with Crippen LogP contribution < -0.4 is 0 Å². The first-order valence-corrected chi connectivity index (χ1v) is 6.54. The van der Waals surface area contributed by atoms with Gasteiger partial charge in [0.25, 0.3) is 0 Å². The van der Waals surface area contributed by atoms with E-state index in [1.165, 1.54) is 6.42 Å². The molecule has 0 spiro atoms. The Labute approximate surface area is 92.5 Å². The highest BCUT2D eigenvalue weighted by Crippen LogP contribution is 2.90. The minimum absolute atomic E-state index is 0.0955. The van der Waals surface area contributed by atoms with Gasteiger partial charge in [-0.05, 0) is 41.9 Å². The molecule has 16 heavy (non-hydrogen) atoms. The van der Waals surface area contributed by atoms with Crippen molar-refractivity contribution < 1.29 is 9.66 Å². The largest absolute Gasteiger partial charge is 0.364 e. The molecule has 7 fully saturated rings. The van der Waals surface area contributed by atoms with Gasteiger partial charge in [-0.15, -0.1) is 0 Å². The van der Waals surface area contributed by atoms with Gasteiger partial charge in [-0.1, -0.05) is 0 Å². The van der Waals surface area contributed by atoms with Crippen molar-refractivity contribution >= 4 is 0 Å². The predicted molar refractivity (Wildman–Crippen MR) is 52.0 cm³/mol. The molecule has 0 radical (unpaired) electrons. The third-order valence-corrected chi connectivity index (χ3v) is 7.24. The summed E-state index contributed by atoms with van der Waals surface area (Å²) in [6.07, 6.45) is 1.82. The lowest BCUT2D eigenvalue weighted by Gasteiger charge is -2.44. The quantitative estimate of drug-likeness (QED) is 0.509. The van der Waals surface area contributed by atoms with Gasteiger partial charge in [0.05, 0.1) is 6.10 Å². The highest BCUT2D eigenvalue weighted by Gasteiger charge is 2.93. The van der Waals surface area contributed by atoms with Crippen LogP contribution in [0.15, 0.2) is 0 Å². The highest BCUT2D eigenvalue weighted by atomic mass is 16.6. The van der Waals surface area contributed by atoms with Gasteiger partial charge in [0, 0.05) is 16.8 Å². The van der Waals surface area contributed by atoms with E-state index in [0.29, 0.717) is 17.9 Å². The summed E-state index contributed by atoms with van der Waals surface area (Å²) in [5.74, 6) is 6.13. The van der Waals surface area contributed by atoms with Crippen LogP contribution in [0.5, 0.6) is 0 Å². The molecule has 0 N–H and O–H groups in total. The average molecular weight is 219 g/mol. The topological polar surface area (TPSA) is 52.4 Å². The summed E-state index contributed by atoms with van der Waals surface area (Å²) in [4.78, 5) is 10.8. The summed E-state index contributed by atoms with van der Waals surface area (Å²) < 4.78 is 6.22. The Bertz CT molecular complexity index is 455. The average Bonchev–Trinajstić information content (AvgIpc) is 2.73. The van der Waals surface area contributed by atoms with E-state index in [4.69, 9.17) is 4.74 Å². The molecule has 7 rings (SSSR count). The number of hydrogen-bond acceptors (Lipinski definition) is 3. The van der Waals surface area contributed by atoms with Crippen molar-refractivity contribution in [2.45, 2.75) is 18.1 Å². The zero-order valence-electron chi connectivity index (χ0n) is 8.78. The number of rotatable bonds is 2. The van der Waals surface area contributed by atoms with Crippen LogP contribution in [0.1, 0.15) is 6.42 Å². The van der Waals surface area contributed by atoms with Gasteiger partial charge < -0.3 is 4.74 Å². The van der Waals surface area contributed by atoms with E-state index in [2.05, 4.69) is 0 Å². The fraction of sp³-hybridized carbons (Fsp3) is 1.00. The van der Waals surface area contributed by atoms with Crippen LogP contribution in [0, 0.1) is 57.5 Å². The van der Waals surface area contributed by atoms with Crippen molar-refractivity contribution in [1.82, 2.24) is 0 Å². The van der Waals surface area contributed by atoms with Gasteiger partial charge in [-0.25, -0.2) is 0 Å². The molecule has 2 saturated heterocycles. The van der Waals surface area contributed by atoms with Gasteiger partial charge in [-0.2, -0.15) is 0 Å². The molecule has 4 nitrogen and oxygen atoms in total. The Balaban J connectivity index is 1.62. The molecule has 4 heteroatoms. The second kappa shape index (κ2) is 1.74. The van der Waals surface area contributed by atoms with E-state index in [0.717, 1.165) is 35.5 Å². The first-order chi connectivity index (χ1) is 7.74. The van der Waals surface area contributed by atoms with Crippen molar-refractivity contribution in [3.8, 4) is 0 Å². The summed E-state index contributed by atoms with van der Waals surface area (Å²) in [5, 5.41) is 10.9. The predicted octanol–water partition coefficient (Wildman–Crippen LogP) is 0.788. The molecular weight excluding hydrogens is 206 g/mol. The molecule has 5 aliphatic carbocycles. The van der Waals surface area contributed by atoms with Crippen LogP contribution in [0.2, 0.25) is 0 Å². The number of nitrogens with zero attached hydrogens (tertiary/aromatic N) is 1. The minimum atomic E-state index is -0.291. The zero-order valence-corrected chi connectivity index (χ0v) is 8.78. The first kappa shape index (κ1) is 7.64. The van der Waals surface area contributed by atoms with Crippen LogP contribution in [0.3, 0.4) is 0 Å². The van der Waals surface area contributed by atoms with Crippen LogP contribution in [-0.4, -0.2) is 23.2 Å². The highest BCUT2D eigenvalue weighted by molar-refractivity contribution is 5.39. The molecule has 0 amide bonds. The number of ether oxygens (including phenoxy) is 1. The summed E-state index contributed by atoms with van der Waals surface area (Å²) in [5.41, 5.74) is -0.291. The maximum absolute atomic E-state index is 10.9. The van der Waals surface area contributed by atoms with Gasteiger partial charge in [0.1, 0.15) is 5.60 Å². The lowest BCUT2D eigenvalue weighted by molar-refractivity contribution is -0.503. The fourth-order valence-electron chi connectivity index (χ4n) is 7.66. The summed E-state index contributed by atoms with van der Waals surface area (Å²) in [6.45, 7) is 0.0955. The molecule has 0 aromatic carbocycles. The SMILES string of the molecule is O=[N+]([O-])C[C@@]12O[C@@H]3[C@@H]4[C@@H]5[C@@H]6C[C@@H]([C@H]5[C@@H]41)[C@@H]2[C@@H]63. The molecule has 0 unspecified atom stereocenters. The van der Waals surface area contributed by atoms with Crippen molar-refractivity contribution in [1.29, 1.82) is 0 Å². The second-order valence-corrected chi connectivity index (χ2v) is 6.95. The molecule has 5 saturated carbocycles. The van der Waals surface area contributed by atoms with E-state index in [1.54, 1.807) is 0 Å². The maximum Gasteiger partial charge on any atom is 0.233 e. The molecular formula is C12H13NO3. The Morgan fingerprint density at radius 2 is 2.06 bits per heavy atom. The molecule has 0 aromatic rings. The van der Waals surface area contributed by atoms with Gasteiger partial charge in [0.15, 0.2) is 0 Å². The van der Waals surface area contributed by atoms with E-state index < -0.39 is 0 Å². The normalized spacial score (nSPS) is 77.9. The molecule has 7 aliphatic rings. The summed E-state index contributed by atoms with van der Waals surface area (Å²) in [7, 11) is 0. The molecule has 10 atom stereocenters.